The fourth-order valence-corrected chi connectivity index (χ4v) is 5.23. The molecule has 0 spiro atoms. The lowest BCUT2D eigenvalue weighted by Gasteiger charge is -2.34. The number of rotatable bonds is 10. The van der Waals surface area contributed by atoms with Gasteiger partial charge in [-0.15, -0.1) is 0 Å². The molecular weight excluding hydrogens is 494 g/mol. The van der Waals surface area contributed by atoms with Gasteiger partial charge in [-0.2, -0.15) is 5.10 Å². The summed E-state index contributed by atoms with van der Waals surface area (Å²) in [6, 6.07) is 11.8. The number of ether oxygens (including phenoxy) is 2. The fourth-order valence-electron chi connectivity index (χ4n) is 5.23. The molecule has 1 fully saturated rings. The summed E-state index contributed by atoms with van der Waals surface area (Å²) in [5.74, 6) is 1.18. The number of fused-ring (bicyclic) bond motifs is 1. The highest BCUT2D eigenvalue weighted by molar-refractivity contribution is 5.83. The first-order valence-corrected chi connectivity index (χ1v) is 13.2. The number of methoxy groups -OCH3 is 2. The lowest BCUT2D eigenvalue weighted by Crippen LogP contribution is -2.48. The molecule has 1 saturated heterocycles. The van der Waals surface area contributed by atoms with E-state index in [-0.39, 0.29) is 11.9 Å². The third kappa shape index (κ3) is 5.96. The number of piperidine rings is 1. The maximum absolute atomic E-state index is 12.0. The number of amides is 1. The predicted molar refractivity (Wildman–Crippen MR) is 151 cm³/mol. The summed E-state index contributed by atoms with van der Waals surface area (Å²) < 4.78 is 12.9. The maximum atomic E-state index is 12.0. The number of likely N-dealkylation sites (tertiary alicyclic amines) is 1. The Hall–Kier alpha value is -4.18. The zero-order valence-corrected chi connectivity index (χ0v) is 22.7. The van der Waals surface area contributed by atoms with Crippen LogP contribution in [0.5, 0.6) is 11.5 Å². The predicted octanol–water partition coefficient (Wildman–Crippen LogP) is 3.92. The van der Waals surface area contributed by atoms with Gasteiger partial charge in [-0.3, -0.25) is 19.4 Å². The monoisotopic (exact) mass is 529 g/mol. The second-order valence-corrected chi connectivity index (χ2v) is 9.86. The van der Waals surface area contributed by atoms with Gasteiger partial charge in [-0.25, -0.2) is 4.98 Å². The first-order chi connectivity index (χ1) is 18.9. The van der Waals surface area contributed by atoms with E-state index in [4.69, 9.17) is 20.2 Å². The summed E-state index contributed by atoms with van der Waals surface area (Å²) >= 11 is 0. The normalized spacial score (nSPS) is 15.8. The Bertz CT molecular complexity index is 1430. The maximum Gasteiger partial charge on any atom is 0.234 e. The summed E-state index contributed by atoms with van der Waals surface area (Å²) in [5, 5.41) is 4.26. The van der Waals surface area contributed by atoms with Crippen LogP contribution in [-0.2, 0) is 11.8 Å². The highest BCUT2D eigenvalue weighted by Crippen LogP contribution is 2.34. The van der Waals surface area contributed by atoms with Gasteiger partial charge >= 0.3 is 0 Å². The van der Waals surface area contributed by atoms with E-state index in [0.717, 1.165) is 72.4 Å². The van der Waals surface area contributed by atoms with Crippen LogP contribution >= 0.6 is 0 Å². The van der Waals surface area contributed by atoms with Crippen molar-refractivity contribution in [2.24, 2.45) is 12.8 Å². The molecule has 1 aliphatic heterocycles. The van der Waals surface area contributed by atoms with Crippen LogP contribution in [0, 0.1) is 0 Å². The molecule has 1 aliphatic rings. The van der Waals surface area contributed by atoms with Crippen molar-refractivity contribution in [3.8, 4) is 22.8 Å². The largest absolute Gasteiger partial charge is 0.497 e. The van der Waals surface area contributed by atoms with Gasteiger partial charge in [0.1, 0.15) is 11.5 Å². The van der Waals surface area contributed by atoms with Crippen molar-refractivity contribution in [1.29, 1.82) is 0 Å². The highest BCUT2D eigenvalue weighted by Gasteiger charge is 2.26. The summed E-state index contributed by atoms with van der Waals surface area (Å²) in [7, 11) is 5.18. The zero-order valence-electron chi connectivity index (χ0n) is 22.7. The van der Waals surface area contributed by atoms with Crippen LogP contribution in [0.3, 0.4) is 0 Å². The van der Waals surface area contributed by atoms with Gasteiger partial charge in [-0.05, 0) is 44.0 Å². The number of hydrogen-bond acceptors (Lipinski definition) is 8. The lowest BCUT2D eigenvalue weighted by atomic mass is 10.0. The van der Waals surface area contributed by atoms with Crippen LogP contribution in [-0.4, -0.2) is 70.5 Å². The van der Waals surface area contributed by atoms with E-state index < -0.39 is 0 Å². The molecule has 1 atom stereocenters. The van der Waals surface area contributed by atoms with Gasteiger partial charge in [-0.1, -0.05) is 6.42 Å². The Morgan fingerprint density at radius 2 is 1.85 bits per heavy atom. The minimum absolute atomic E-state index is 0.189. The van der Waals surface area contributed by atoms with Crippen molar-refractivity contribution in [2.45, 2.75) is 31.7 Å². The Labute approximate surface area is 228 Å². The molecule has 2 aromatic heterocycles. The first-order valence-electron chi connectivity index (χ1n) is 13.2. The number of nitrogens with two attached hydrogens (primary N) is 1. The van der Waals surface area contributed by atoms with Gasteiger partial charge in [0, 0.05) is 61.5 Å². The van der Waals surface area contributed by atoms with E-state index in [1.54, 1.807) is 31.3 Å². The molecule has 0 bridgehead atoms. The van der Waals surface area contributed by atoms with Crippen molar-refractivity contribution in [2.75, 3.05) is 38.8 Å². The second-order valence-electron chi connectivity index (χ2n) is 9.86. The molecule has 3 heterocycles. The summed E-state index contributed by atoms with van der Waals surface area (Å²) in [5.41, 5.74) is 10.9. The Morgan fingerprint density at radius 1 is 1.05 bits per heavy atom. The third-order valence-electron chi connectivity index (χ3n) is 7.26. The molecule has 5 rings (SSSR count). The number of aromatic nitrogens is 4. The van der Waals surface area contributed by atoms with Crippen LogP contribution in [0.25, 0.3) is 22.3 Å². The number of aryl methyl sites for hydroxylation is 1. The van der Waals surface area contributed by atoms with Crippen molar-refractivity contribution >= 4 is 28.3 Å². The molecule has 1 unspecified atom stereocenters. The summed E-state index contributed by atoms with van der Waals surface area (Å²) in [6.45, 7) is 2.38. The van der Waals surface area contributed by atoms with Crippen LogP contribution in [0.15, 0.2) is 55.0 Å². The van der Waals surface area contributed by atoms with Crippen molar-refractivity contribution in [3.63, 3.8) is 0 Å². The minimum atomic E-state index is -0.235. The number of benzene rings is 2. The molecule has 204 valence electrons. The smallest absolute Gasteiger partial charge is 0.234 e. The fraction of sp³-hybridized carbons (Fsp3) is 0.379. The molecule has 0 saturated carbocycles. The molecule has 2 N–H and O–H groups in total. The topological polar surface area (TPSA) is 112 Å². The molecule has 4 aromatic rings. The highest BCUT2D eigenvalue weighted by atomic mass is 16.5. The van der Waals surface area contributed by atoms with Crippen molar-refractivity contribution in [3.05, 3.63) is 55.0 Å². The zero-order chi connectivity index (χ0) is 27.4. The molecule has 39 heavy (non-hydrogen) atoms. The number of anilines is 2. The molecule has 1 amide bonds. The van der Waals surface area contributed by atoms with E-state index in [0.29, 0.717) is 18.0 Å². The van der Waals surface area contributed by atoms with Gasteiger partial charge in [0.2, 0.25) is 5.91 Å². The summed E-state index contributed by atoms with van der Waals surface area (Å²) in [4.78, 5) is 26.0. The number of hydrogen-bond donors (Lipinski definition) is 1. The molecule has 0 aliphatic carbocycles. The molecule has 10 heteroatoms. The van der Waals surface area contributed by atoms with Gasteiger partial charge in [0.15, 0.2) is 0 Å². The van der Waals surface area contributed by atoms with Gasteiger partial charge < -0.3 is 20.1 Å². The quantitative estimate of drug-likeness (QED) is 0.329. The van der Waals surface area contributed by atoms with Crippen LogP contribution in [0.2, 0.25) is 0 Å². The summed E-state index contributed by atoms with van der Waals surface area (Å²) in [6.07, 6.45) is 9.28. The minimum Gasteiger partial charge on any atom is -0.497 e. The van der Waals surface area contributed by atoms with E-state index in [9.17, 15) is 4.79 Å². The Balaban J connectivity index is 1.48. The Kier molecular flexibility index (Phi) is 7.92. The average molecular weight is 530 g/mol. The van der Waals surface area contributed by atoms with E-state index >= 15 is 0 Å². The number of carbonyl (C=O) groups excluding carboxylic acids is 1. The van der Waals surface area contributed by atoms with Crippen LogP contribution < -0.4 is 20.1 Å². The van der Waals surface area contributed by atoms with E-state index in [1.807, 2.05) is 37.5 Å². The average Bonchev–Trinajstić information content (AvgIpc) is 3.40. The van der Waals surface area contributed by atoms with Crippen LogP contribution in [0.4, 0.5) is 11.4 Å². The number of nitrogens with zero attached hydrogens (tertiary/aromatic N) is 6. The second kappa shape index (κ2) is 11.7. The van der Waals surface area contributed by atoms with Crippen LogP contribution in [0.1, 0.15) is 25.7 Å². The third-order valence-corrected chi connectivity index (χ3v) is 7.26. The van der Waals surface area contributed by atoms with Crippen molar-refractivity contribution in [1.82, 2.24) is 24.6 Å². The molecular formula is C29H35N7O3. The van der Waals surface area contributed by atoms with Crippen molar-refractivity contribution < 1.29 is 14.3 Å². The number of carbonyl (C=O) groups is 1. The molecule has 2 aromatic carbocycles. The van der Waals surface area contributed by atoms with E-state index in [1.165, 1.54) is 0 Å². The molecule has 10 nitrogen and oxygen atoms in total. The van der Waals surface area contributed by atoms with Gasteiger partial charge in [0.25, 0.3) is 0 Å². The standard InChI is InChI=1S/C29H35N7O3/c1-34-19-20(17-32-34)27-18-31-25-9-8-21(15-26(25)33-27)36(22-13-23(38-2)16-24(14-22)39-3)12-6-11-35-10-5-4-7-28(35)29(30)37/h8-9,13-19,28H,4-7,10-12H2,1-3H3,(H2,30,37). The SMILES string of the molecule is COc1cc(OC)cc(N(CCCN2CCCCC2C(N)=O)c2ccc3ncc(-c4cnn(C)c4)nc3c2)c1. The van der Waals surface area contributed by atoms with E-state index in [2.05, 4.69) is 32.0 Å². The first kappa shape index (κ1) is 26.4. The Morgan fingerprint density at radius 3 is 2.54 bits per heavy atom. The lowest BCUT2D eigenvalue weighted by molar-refractivity contribution is -0.124. The number of primary amides is 1. The van der Waals surface area contributed by atoms with Gasteiger partial charge in [0.05, 0.1) is 49.4 Å². The molecule has 0 radical (unpaired) electrons.